The highest BCUT2D eigenvalue weighted by atomic mass is 16.6. The summed E-state index contributed by atoms with van der Waals surface area (Å²) < 4.78 is 5.84. The second kappa shape index (κ2) is 8.49. The van der Waals surface area contributed by atoms with Gasteiger partial charge in [-0.1, -0.05) is 31.9 Å². The molecule has 1 heterocycles. The third-order valence-corrected chi connectivity index (χ3v) is 4.94. The topological polar surface area (TPSA) is 38.3 Å². The van der Waals surface area contributed by atoms with E-state index in [9.17, 15) is 4.79 Å². The third-order valence-electron chi connectivity index (χ3n) is 4.94. The van der Waals surface area contributed by atoms with Gasteiger partial charge in [0.2, 0.25) is 0 Å². The summed E-state index contributed by atoms with van der Waals surface area (Å²) in [6.07, 6.45) is 6.92. The Labute approximate surface area is 140 Å². The van der Waals surface area contributed by atoms with Gasteiger partial charge in [0.25, 0.3) is 0 Å². The van der Waals surface area contributed by atoms with Crippen molar-refractivity contribution in [1.29, 1.82) is 0 Å². The van der Waals surface area contributed by atoms with E-state index in [-0.39, 0.29) is 5.97 Å². The maximum atomic E-state index is 12.4. The Hall–Kier alpha value is -1.35. The zero-order valence-electron chi connectivity index (χ0n) is 14.9. The molecule has 128 valence electrons. The van der Waals surface area contributed by atoms with Crippen molar-refractivity contribution < 1.29 is 9.53 Å². The molecule has 0 unspecified atom stereocenters. The minimum Gasteiger partial charge on any atom is -0.456 e. The molecular weight excluding hydrogens is 286 g/mol. The van der Waals surface area contributed by atoms with Gasteiger partial charge in [0.15, 0.2) is 0 Å². The Balaban J connectivity index is 1.91. The molecule has 0 radical (unpaired) electrons. The van der Waals surface area contributed by atoms with Crippen LogP contribution in [0.5, 0.6) is 0 Å². The second-order valence-electron chi connectivity index (χ2n) is 7.17. The Morgan fingerprint density at radius 1 is 1.17 bits per heavy atom. The summed E-state index contributed by atoms with van der Waals surface area (Å²) in [4.78, 5) is 12.4. The molecule has 1 aromatic rings. The molecule has 1 fully saturated rings. The van der Waals surface area contributed by atoms with Crippen molar-refractivity contribution >= 4 is 5.97 Å². The predicted octanol–water partition coefficient (Wildman–Crippen LogP) is 4.35. The van der Waals surface area contributed by atoms with Crippen LogP contribution in [0.4, 0.5) is 0 Å². The number of carbonyl (C=O) groups is 1. The quantitative estimate of drug-likeness (QED) is 0.600. The van der Waals surface area contributed by atoms with E-state index >= 15 is 0 Å². The molecule has 1 N–H and O–H groups in total. The summed E-state index contributed by atoms with van der Waals surface area (Å²) in [5.74, 6) is 0.231. The van der Waals surface area contributed by atoms with E-state index in [4.69, 9.17) is 4.74 Å². The van der Waals surface area contributed by atoms with Crippen LogP contribution >= 0.6 is 0 Å². The monoisotopic (exact) mass is 317 g/mol. The summed E-state index contributed by atoms with van der Waals surface area (Å²) in [5.41, 5.74) is 1.55. The molecule has 2 rings (SSSR count). The van der Waals surface area contributed by atoms with E-state index in [1.54, 1.807) is 0 Å². The normalized spacial score (nSPS) is 16.3. The molecule has 23 heavy (non-hydrogen) atoms. The van der Waals surface area contributed by atoms with E-state index in [0.717, 1.165) is 32.4 Å². The maximum absolute atomic E-state index is 12.4. The molecule has 0 bridgehead atoms. The van der Waals surface area contributed by atoms with Crippen LogP contribution in [0.25, 0.3) is 0 Å². The molecule has 3 nitrogen and oxygen atoms in total. The highest BCUT2D eigenvalue weighted by Gasteiger charge is 2.34. The summed E-state index contributed by atoms with van der Waals surface area (Å²) in [6.45, 7) is 8.32. The van der Waals surface area contributed by atoms with Gasteiger partial charge in [0.05, 0.1) is 5.56 Å². The Morgan fingerprint density at radius 2 is 1.83 bits per heavy atom. The molecule has 1 saturated heterocycles. The Bertz CT molecular complexity index is 487. The highest BCUT2D eigenvalue weighted by molar-refractivity contribution is 5.89. The molecule has 0 amide bonds. The standard InChI is InChI=1S/C20H31NO2/c1-4-5-6-7-16-8-10-17(11-9-16)19(22)23-20(2,3)18-12-14-21-15-13-18/h8-11,18,21H,4-7,12-15H2,1-3H3. The van der Waals surface area contributed by atoms with E-state index in [1.165, 1.54) is 24.8 Å². The fourth-order valence-corrected chi connectivity index (χ4v) is 3.28. The van der Waals surface area contributed by atoms with E-state index in [2.05, 4.69) is 24.4 Å². The molecule has 1 aromatic carbocycles. The van der Waals surface area contributed by atoms with Crippen LogP contribution < -0.4 is 5.32 Å². The molecule has 0 aromatic heterocycles. The largest absolute Gasteiger partial charge is 0.456 e. The van der Waals surface area contributed by atoms with Crippen LogP contribution in [-0.4, -0.2) is 24.7 Å². The van der Waals surface area contributed by atoms with Crippen LogP contribution in [0.2, 0.25) is 0 Å². The Morgan fingerprint density at radius 3 is 2.43 bits per heavy atom. The first-order valence-electron chi connectivity index (χ1n) is 9.06. The van der Waals surface area contributed by atoms with Gasteiger partial charge in [0.1, 0.15) is 5.60 Å². The number of piperidine rings is 1. The fraction of sp³-hybridized carbons (Fsp3) is 0.650. The average molecular weight is 317 g/mol. The van der Waals surface area contributed by atoms with E-state index in [1.807, 2.05) is 26.0 Å². The summed E-state index contributed by atoms with van der Waals surface area (Å²) >= 11 is 0. The molecule has 0 aliphatic carbocycles. The van der Waals surface area contributed by atoms with Crippen LogP contribution in [0.15, 0.2) is 24.3 Å². The number of aryl methyl sites for hydroxylation is 1. The molecule has 0 atom stereocenters. The second-order valence-corrected chi connectivity index (χ2v) is 7.17. The first-order chi connectivity index (χ1) is 11.0. The number of hydrogen-bond acceptors (Lipinski definition) is 3. The van der Waals surface area contributed by atoms with Crippen molar-refractivity contribution in [2.75, 3.05) is 13.1 Å². The lowest BCUT2D eigenvalue weighted by molar-refractivity contribution is -0.0368. The number of nitrogens with one attached hydrogen (secondary N) is 1. The number of hydrogen-bond donors (Lipinski definition) is 1. The summed E-state index contributed by atoms with van der Waals surface area (Å²) in [6, 6.07) is 7.93. The van der Waals surface area contributed by atoms with Gasteiger partial charge in [-0.2, -0.15) is 0 Å². The number of carbonyl (C=O) groups excluding carboxylic acids is 1. The molecular formula is C20H31NO2. The van der Waals surface area contributed by atoms with Crippen molar-refractivity contribution in [2.24, 2.45) is 5.92 Å². The average Bonchev–Trinajstić information content (AvgIpc) is 2.56. The van der Waals surface area contributed by atoms with Crippen LogP contribution in [0.1, 0.15) is 68.8 Å². The lowest BCUT2D eigenvalue weighted by Crippen LogP contribution is -2.42. The van der Waals surface area contributed by atoms with E-state index in [0.29, 0.717) is 11.5 Å². The number of rotatable bonds is 7. The SMILES string of the molecule is CCCCCc1ccc(C(=O)OC(C)(C)C2CCNCC2)cc1. The van der Waals surface area contributed by atoms with E-state index < -0.39 is 5.60 Å². The van der Waals surface area contributed by atoms with Crippen molar-refractivity contribution in [1.82, 2.24) is 5.32 Å². The maximum Gasteiger partial charge on any atom is 0.338 e. The number of unbranched alkanes of at least 4 members (excludes halogenated alkanes) is 2. The number of esters is 1. The van der Waals surface area contributed by atoms with Gasteiger partial charge in [-0.25, -0.2) is 4.79 Å². The third kappa shape index (κ3) is 5.35. The number of ether oxygens (including phenoxy) is 1. The summed E-state index contributed by atoms with van der Waals surface area (Å²) in [7, 11) is 0. The van der Waals surface area contributed by atoms with Gasteiger partial charge in [-0.05, 0) is 70.3 Å². The van der Waals surface area contributed by atoms with Gasteiger partial charge >= 0.3 is 5.97 Å². The van der Waals surface area contributed by atoms with Crippen LogP contribution in [0.3, 0.4) is 0 Å². The molecule has 0 spiro atoms. The minimum absolute atomic E-state index is 0.200. The van der Waals surface area contributed by atoms with Gasteiger partial charge < -0.3 is 10.1 Å². The van der Waals surface area contributed by atoms with Crippen LogP contribution in [-0.2, 0) is 11.2 Å². The first kappa shape index (κ1) is 18.0. The van der Waals surface area contributed by atoms with Crippen molar-refractivity contribution in [3.05, 3.63) is 35.4 Å². The lowest BCUT2D eigenvalue weighted by atomic mass is 9.83. The summed E-state index contributed by atoms with van der Waals surface area (Å²) in [5, 5.41) is 3.36. The zero-order chi connectivity index (χ0) is 16.7. The zero-order valence-corrected chi connectivity index (χ0v) is 14.9. The van der Waals surface area contributed by atoms with Gasteiger partial charge in [-0.3, -0.25) is 0 Å². The van der Waals surface area contributed by atoms with Crippen molar-refractivity contribution in [2.45, 2.75) is 64.9 Å². The number of benzene rings is 1. The molecule has 3 heteroatoms. The minimum atomic E-state index is -0.404. The van der Waals surface area contributed by atoms with Crippen LogP contribution in [0, 0.1) is 5.92 Å². The predicted molar refractivity (Wildman–Crippen MR) is 94.8 cm³/mol. The molecule has 0 saturated carbocycles. The fourth-order valence-electron chi connectivity index (χ4n) is 3.28. The van der Waals surface area contributed by atoms with Crippen molar-refractivity contribution in [3.8, 4) is 0 Å². The molecule has 1 aliphatic heterocycles. The first-order valence-corrected chi connectivity index (χ1v) is 9.06. The lowest BCUT2D eigenvalue weighted by Gasteiger charge is -2.36. The highest BCUT2D eigenvalue weighted by Crippen LogP contribution is 2.29. The van der Waals surface area contributed by atoms with Crippen molar-refractivity contribution in [3.63, 3.8) is 0 Å². The van der Waals surface area contributed by atoms with Gasteiger partial charge in [0, 0.05) is 5.92 Å². The Kier molecular flexibility index (Phi) is 6.64. The molecule has 1 aliphatic rings. The smallest absolute Gasteiger partial charge is 0.338 e. The van der Waals surface area contributed by atoms with Gasteiger partial charge in [-0.15, -0.1) is 0 Å².